The first-order valence-corrected chi connectivity index (χ1v) is 7.46. The number of imide groups is 1. The van der Waals surface area contributed by atoms with E-state index < -0.39 is 11.8 Å². The molecule has 0 radical (unpaired) electrons. The van der Waals surface area contributed by atoms with Crippen LogP contribution in [0.1, 0.15) is 24.7 Å². The molecule has 0 saturated carbocycles. The fourth-order valence-corrected chi connectivity index (χ4v) is 2.61. The van der Waals surface area contributed by atoms with Crippen LogP contribution in [-0.2, 0) is 14.4 Å². The van der Waals surface area contributed by atoms with Crippen molar-refractivity contribution < 1.29 is 14.4 Å². The van der Waals surface area contributed by atoms with E-state index in [1.54, 1.807) is 13.0 Å². The normalized spacial score (nSPS) is 17.7. The summed E-state index contributed by atoms with van der Waals surface area (Å²) in [5, 5.41) is 10.2. The number of primary amides is 1. The summed E-state index contributed by atoms with van der Waals surface area (Å²) in [6, 6.07) is 1.67. The highest BCUT2D eigenvalue weighted by Crippen LogP contribution is 2.27. The molecule has 0 aliphatic carbocycles. The quantitative estimate of drug-likeness (QED) is 0.603. The van der Waals surface area contributed by atoms with Gasteiger partial charge in [0.1, 0.15) is 5.69 Å². The molecule has 5 N–H and O–H groups in total. The second-order valence-electron chi connectivity index (χ2n) is 5.62. The van der Waals surface area contributed by atoms with E-state index in [1.807, 2.05) is 4.90 Å². The van der Waals surface area contributed by atoms with Gasteiger partial charge in [0, 0.05) is 26.2 Å². The Kier molecular flexibility index (Phi) is 5.12. The molecule has 0 bridgehead atoms. The molecule has 9 heteroatoms. The lowest BCUT2D eigenvalue weighted by Crippen LogP contribution is -2.30. The van der Waals surface area contributed by atoms with Crippen molar-refractivity contribution in [2.75, 3.05) is 18.0 Å². The Labute approximate surface area is 139 Å². The van der Waals surface area contributed by atoms with Gasteiger partial charge in [-0.25, -0.2) is 0 Å². The van der Waals surface area contributed by atoms with E-state index in [0.29, 0.717) is 25.2 Å². The van der Waals surface area contributed by atoms with Crippen molar-refractivity contribution in [2.24, 2.45) is 17.4 Å². The molecule has 1 saturated heterocycles. The number of anilines is 1. The summed E-state index contributed by atoms with van der Waals surface area (Å²) < 4.78 is 0. The number of hydrogen-bond donors (Lipinski definition) is 3. The first kappa shape index (κ1) is 17.4. The zero-order valence-corrected chi connectivity index (χ0v) is 13.6. The minimum absolute atomic E-state index is 0.0459. The molecule has 2 heterocycles. The van der Waals surface area contributed by atoms with Gasteiger partial charge in [-0.15, -0.1) is 5.10 Å². The molecule has 1 fully saturated rings. The molecule has 1 atom stereocenters. The third kappa shape index (κ3) is 3.67. The van der Waals surface area contributed by atoms with Crippen LogP contribution < -0.4 is 21.7 Å². The van der Waals surface area contributed by atoms with Gasteiger partial charge in [-0.3, -0.25) is 19.7 Å². The van der Waals surface area contributed by atoms with Crippen LogP contribution in [0.4, 0.5) is 5.69 Å². The van der Waals surface area contributed by atoms with E-state index in [4.69, 9.17) is 11.5 Å². The Morgan fingerprint density at radius 2 is 2.08 bits per heavy atom. The number of hydrogen-bond acceptors (Lipinski definition) is 7. The van der Waals surface area contributed by atoms with Crippen LogP contribution in [-0.4, -0.2) is 41.0 Å². The number of carbonyl (C=O) groups excluding carboxylic acids is 3. The van der Waals surface area contributed by atoms with Crippen LogP contribution in [0.5, 0.6) is 0 Å². The Bertz CT molecular complexity index is 715. The monoisotopic (exact) mass is 332 g/mol. The van der Waals surface area contributed by atoms with Crippen LogP contribution in [0.25, 0.3) is 5.57 Å². The second kappa shape index (κ2) is 7.07. The molecule has 1 aliphatic heterocycles. The number of nitrogens with zero attached hydrogens (tertiary/aromatic N) is 3. The molecule has 1 aromatic heterocycles. The minimum atomic E-state index is -0.648. The standard InChI is InChI=1S/C15H20N6O3/c1-8-13(21-4-3-10(7-21)14(17)23)5-12(20-19-8)11(6-16)15(24)18-9(2)22/h5-6,10H,3-4,7,16H2,1-2H3,(H2,17,23)(H,18,22,24)/b11-6-/t10-/m0/s1. The highest BCUT2D eigenvalue weighted by molar-refractivity contribution is 6.22. The average Bonchev–Trinajstić information content (AvgIpc) is 2.98. The molecule has 0 unspecified atom stereocenters. The van der Waals surface area contributed by atoms with Crippen LogP contribution in [0.2, 0.25) is 0 Å². The number of rotatable bonds is 4. The lowest BCUT2D eigenvalue weighted by Gasteiger charge is -2.20. The molecular formula is C15H20N6O3. The molecule has 9 nitrogen and oxygen atoms in total. The fourth-order valence-electron chi connectivity index (χ4n) is 2.61. The zero-order chi connectivity index (χ0) is 17.9. The van der Waals surface area contributed by atoms with Crippen molar-refractivity contribution >= 4 is 29.0 Å². The molecule has 1 aromatic rings. The number of aromatic nitrogens is 2. The van der Waals surface area contributed by atoms with Gasteiger partial charge < -0.3 is 16.4 Å². The number of nitrogens with one attached hydrogen (secondary N) is 1. The van der Waals surface area contributed by atoms with E-state index in [-0.39, 0.29) is 23.1 Å². The van der Waals surface area contributed by atoms with Crippen LogP contribution in [0.3, 0.4) is 0 Å². The van der Waals surface area contributed by atoms with Gasteiger partial charge in [-0.1, -0.05) is 0 Å². The van der Waals surface area contributed by atoms with Crippen LogP contribution in [0.15, 0.2) is 12.3 Å². The van der Waals surface area contributed by atoms with Crippen molar-refractivity contribution in [1.82, 2.24) is 15.5 Å². The lowest BCUT2D eigenvalue weighted by atomic mass is 10.1. The molecular weight excluding hydrogens is 312 g/mol. The maximum atomic E-state index is 12.0. The van der Waals surface area contributed by atoms with Crippen LogP contribution in [0, 0.1) is 12.8 Å². The predicted octanol–water partition coefficient (Wildman–Crippen LogP) is -0.941. The lowest BCUT2D eigenvalue weighted by molar-refractivity contribution is -0.126. The number of nitrogens with two attached hydrogens (primary N) is 2. The van der Waals surface area contributed by atoms with Gasteiger partial charge in [0.15, 0.2) is 0 Å². The summed E-state index contributed by atoms with van der Waals surface area (Å²) in [6.45, 7) is 4.15. The van der Waals surface area contributed by atoms with Crippen molar-refractivity contribution in [3.8, 4) is 0 Å². The molecule has 1 aliphatic rings. The predicted molar refractivity (Wildman–Crippen MR) is 87.3 cm³/mol. The Morgan fingerprint density at radius 3 is 2.62 bits per heavy atom. The van der Waals surface area contributed by atoms with Gasteiger partial charge in [0.2, 0.25) is 11.8 Å². The first-order chi connectivity index (χ1) is 11.3. The van der Waals surface area contributed by atoms with Crippen molar-refractivity contribution in [1.29, 1.82) is 0 Å². The summed E-state index contributed by atoms with van der Waals surface area (Å²) in [5.74, 6) is -1.69. The number of carbonyl (C=O) groups is 3. The van der Waals surface area contributed by atoms with Gasteiger partial charge in [0.05, 0.1) is 22.9 Å². The van der Waals surface area contributed by atoms with Crippen LogP contribution >= 0.6 is 0 Å². The van der Waals surface area contributed by atoms with E-state index in [0.717, 1.165) is 11.9 Å². The third-order valence-corrected chi connectivity index (χ3v) is 3.86. The first-order valence-electron chi connectivity index (χ1n) is 7.46. The Morgan fingerprint density at radius 1 is 1.38 bits per heavy atom. The van der Waals surface area contributed by atoms with Gasteiger partial charge >= 0.3 is 0 Å². The second-order valence-corrected chi connectivity index (χ2v) is 5.62. The summed E-state index contributed by atoms with van der Waals surface area (Å²) in [5.41, 5.74) is 12.6. The Balaban J connectivity index is 2.30. The van der Waals surface area contributed by atoms with E-state index in [1.165, 1.54) is 6.92 Å². The van der Waals surface area contributed by atoms with E-state index >= 15 is 0 Å². The Hall–Kier alpha value is -2.97. The molecule has 0 aromatic carbocycles. The molecule has 2 rings (SSSR count). The summed E-state index contributed by atoms with van der Waals surface area (Å²) in [4.78, 5) is 36.4. The maximum absolute atomic E-state index is 12.0. The van der Waals surface area contributed by atoms with Gasteiger partial charge in [-0.2, -0.15) is 5.10 Å². The maximum Gasteiger partial charge on any atom is 0.261 e. The molecule has 128 valence electrons. The molecule has 24 heavy (non-hydrogen) atoms. The summed E-state index contributed by atoms with van der Waals surface area (Å²) >= 11 is 0. The molecule has 3 amide bonds. The third-order valence-electron chi connectivity index (χ3n) is 3.86. The van der Waals surface area contributed by atoms with Gasteiger partial charge in [0.25, 0.3) is 5.91 Å². The van der Waals surface area contributed by atoms with Crippen molar-refractivity contribution in [3.05, 3.63) is 23.7 Å². The highest BCUT2D eigenvalue weighted by atomic mass is 16.2. The van der Waals surface area contributed by atoms with E-state index in [9.17, 15) is 14.4 Å². The number of amides is 3. The SMILES string of the molecule is CC(=O)NC(=O)/C(=C\N)c1cc(N2CC[C@H](C(N)=O)C2)c(C)nn1. The summed E-state index contributed by atoms with van der Waals surface area (Å²) in [7, 11) is 0. The number of aryl methyl sites for hydroxylation is 1. The molecule has 0 spiro atoms. The average molecular weight is 332 g/mol. The van der Waals surface area contributed by atoms with Gasteiger partial charge in [-0.05, 0) is 19.4 Å². The zero-order valence-electron chi connectivity index (χ0n) is 13.6. The van der Waals surface area contributed by atoms with Crippen molar-refractivity contribution in [3.63, 3.8) is 0 Å². The van der Waals surface area contributed by atoms with Crippen molar-refractivity contribution in [2.45, 2.75) is 20.3 Å². The largest absolute Gasteiger partial charge is 0.404 e. The highest BCUT2D eigenvalue weighted by Gasteiger charge is 2.28. The summed E-state index contributed by atoms with van der Waals surface area (Å²) in [6.07, 6.45) is 1.74. The minimum Gasteiger partial charge on any atom is -0.404 e. The topological polar surface area (TPSA) is 144 Å². The fraction of sp³-hybridized carbons (Fsp3) is 0.400. The smallest absolute Gasteiger partial charge is 0.261 e. The van der Waals surface area contributed by atoms with E-state index in [2.05, 4.69) is 15.5 Å².